The zero-order chi connectivity index (χ0) is 9.19. The summed E-state index contributed by atoms with van der Waals surface area (Å²) in [5.74, 6) is 0.191. The van der Waals surface area contributed by atoms with Crippen LogP contribution in [-0.4, -0.2) is 10.8 Å². The molecule has 0 amide bonds. The lowest BCUT2D eigenvalue weighted by Gasteiger charge is -2.13. The molecule has 1 aromatic rings. The SMILES string of the molecule is CC(C)(F)Cc1cccc(O)c1. The third-order valence-electron chi connectivity index (χ3n) is 1.54. The van der Waals surface area contributed by atoms with Crippen LogP contribution >= 0.6 is 0 Å². The molecule has 0 spiro atoms. The van der Waals surface area contributed by atoms with Crippen molar-refractivity contribution < 1.29 is 9.50 Å². The van der Waals surface area contributed by atoms with Gasteiger partial charge in [-0.2, -0.15) is 0 Å². The summed E-state index contributed by atoms with van der Waals surface area (Å²) in [6.07, 6.45) is 0.335. The third-order valence-corrected chi connectivity index (χ3v) is 1.54. The predicted molar refractivity (Wildman–Crippen MR) is 47.0 cm³/mol. The van der Waals surface area contributed by atoms with Crippen molar-refractivity contribution in [3.63, 3.8) is 0 Å². The van der Waals surface area contributed by atoms with E-state index >= 15 is 0 Å². The van der Waals surface area contributed by atoms with E-state index in [4.69, 9.17) is 5.11 Å². The molecule has 12 heavy (non-hydrogen) atoms. The number of hydrogen-bond donors (Lipinski definition) is 1. The number of benzene rings is 1. The number of halogens is 1. The molecule has 1 nitrogen and oxygen atoms in total. The standard InChI is InChI=1S/C10H13FO/c1-10(2,11)7-8-4-3-5-9(12)6-8/h3-6,12H,7H2,1-2H3. The maximum Gasteiger partial charge on any atom is 0.115 e. The topological polar surface area (TPSA) is 20.2 Å². The Kier molecular flexibility index (Phi) is 2.36. The molecule has 66 valence electrons. The molecule has 1 N–H and O–H groups in total. The van der Waals surface area contributed by atoms with Gasteiger partial charge in [0.15, 0.2) is 0 Å². The van der Waals surface area contributed by atoms with Gasteiger partial charge in [-0.25, -0.2) is 4.39 Å². The zero-order valence-electron chi connectivity index (χ0n) is 7.34. The number of alkyl halides is 1. The van der Waals surface area contributed by atoms with Crippen LogP contribution in [0.15, 0.2) is 24.3 Å². The summed E-state index contributed by atoms with van der Waals surface area (Å²) in [6, 6.07) is 6.69. The average Bonchev–Trinajstić information content (AvgIpc) is 1.82. The number of phenols is 1. The number of phenolic OH excluding ortho intramolecular Hbond substituents is 1. The molecule has 0 radical (unpaired) electrons. The van der Waals surface area contributed by atoms with Gasteiger partial charge in [-0.3, -0.25) is 0 Å². The fourth-order valence-corrected chi connectivity index (χ4v) is 1.15. The largest absolute Gasteiger partial charge is 0.508 e. The van der Waals surface area contributed by atoms with E-state index in [1.54, 1.807) is 24.3 Å². The summed E-state index contributed by atoms with van der Waals surface area (Å²) < 4.78 is 13.1. The second kappa shape index (κ2) is 3.13. The fraction of sp³-hybridized carbons (Fsp3) is 0.400. The summed E-state index contributed by atoms with van der Waals surface area (Å²) in [7, 11) is 0. The quantitative estimate of drug-likeness (QED) is 0.719. The summed E-state index contributed by atoms with van der Waals surface area (Å²) >= 11 is 0. The number of hydrogen-bond acceptors (Lipinski definition) is 1. The van der Waals surface area contributed by atoms with E-state index in [0.29, 0.717) is 6.42 Å². The van der Waals surface area contributed by atoms with Crippen LogP contribution in [-0.2, 0) is 6.42 Å². The Hall–Kier alpha value is -1.05. The van der Waals surface area contributed by atoms with Crippen molar-refractivity contribution in [1.29, 1.82) is 0 Å². The molecular weight excluding hydrogens is 155 g/mol. The first-order valence-corrected chi connectivity index (χ1v) is 3.94. The van der Waals surface area contributed by atoms with Crippen LogP contribution in [0, 0.1) is 0 Å². The first kappa shape index (κ1) is 9.04. The minimum atomic E-state index is -1.21. The van der Waals surface area contributed by atoms with Gasteiger partial charge in [-0.15, -0.1) is 0 Å². The molecule has 0 atom stereocenters. The number of rotatable bonds is 2. The van der Waals surface area contributed by atoms with Gasteiger partial charge in [0.1, 0.15) is 11.4 Å². The predicted octanol–water partition coefficient (Wildman–Crippen LogP) is 2.68. The Morgan fingerprint density at radius 2 is 2.08 bits per heavy atom. The Labute approximate surface area is 71.9 Å². The highest BCUT2D eigenvalue weighted by molar-refractivity contribution is 5.27. The summed E-state index contributed by atoms with van der Waals surface area (Å²) in [6.45, 7) is 3.05. The molecular formula is C10H13FO. The second-order valence-corrected chi connectivity index (χ2v) is 3.57. The molecule has 0 unspecified atom stereocenters. The van der Waals surface area contributed by atoms with Crippen LogP contribution in [0.5, 0.6) is 5.75 Å². The Morgan fingerprint density at radius 3 is 2.58 bits per heavy atom. The van der Waals surface area contributed by atoms with Crippen LogP contribution in [0.1, 0.15) is 19.4 Å². The highest BCUT2D eigenvalue weighted by Gasteiger charge is 2.15. The average molecular weight is 168 g/mol. The Bertz CT molecular complexity index is 263. The summed E-state index contributed by atoms with van der Waals surface area (Å²) in [5.41, 5.74) is -0.393. The summed E-state index contributed by atoms with van der Waals surface area (Å²) in [4.78, 5) is 0. The van der Waals surface area contributed by atoms with E-state index in [-0.39, 0.29) is 5.75 Å². The first-order valence-electron chi connectivity index (χ1n) is 3.94. The molecule has 0 heterocycles. The van der Waals surface area contributed by atoms with E-state index in [1.165, 1.54) is 13.8 Å². The van der Waals surface area contributed by atoms with Crippen LogP contribution in [0.4, 0.5) is 4.39 Å². The molecule has 0 saturated carbocycles. The third kappa shape index (κ3) is 2.91. The van der Waals surface area contributed by atoms with Gasteiger partial charge in [-0.05, 0) is 31.5 Å². The van der Waals surface area contributed by atoms with Crippen LogP contribution in [0.3, 0.4) is 0 Å². The molecule has 0 fully saturated rings. The van der Waals surface area contributed by atoms with Crippen molar-refractivity contribution in [3.8, 4) is 5.75 Å². The van der Waals surface area contributed by atoms with E-state index in [0.717, 1.165) is 5.56 Å². The van der Waals surface area contributed by atoms with Gasteiger partial charge in [-0.1, -0.05) is 12.1 Å². The van der Waals surface area contributed by atoms with Gasteiger partial charge in [0, 0.05) is 6.42 Å². The van der Waals surface area contributed by atoms with Gasteiger partial charge in [0.05, 0.1) is 0 Å². The van der Waals surface area contributed by atoms with Crippen molar-refractivity contribution >= 4 is 0 Å². The summed E-state index contributed by atoms with van der Waals surface area (Å²) in [5, 5.41) is 9.09. The second-order valence-electron chi connectivity index (χ2n) is 3.57. The van der Waals surface area contributed by atoms with E-state index in [2.05, 4.69) is 0 Å². The van der Waals surface area contributed by atoms with Gasteiger partial charge in [0.25, 0.3) is 0 Å². The van der Waals surface area contributed by atoms with E-state index < -0.39 is 5.67 Å². The van der Waals surface area contributed by atoms with Gasteiger partial charge >= 0.3 is 0 Å². The molecule has 0 saturated heterocycles. The smallest absolute Gasteiger partial charge is 0.115 e. The van der Waals surface area contributed by atoms with E-state index in [1.807, 2.05) is 0 Å². The van der Waals surface area contributed by atoms with Crippen LogP contribution < -0.4 is 0 Å². The lowest BCUT2D eigenvalue weighted by atomic mass is 10.0. The minimum Gasteiger partial charge on any atom is -0.508 e. The molecule has 2 heteroatoms. The Balaban J connectivity index is 2.77. The van der Waals surface area contributed by atoms with Crippen molar-refractivity contribution in [2.45, 2.75) is 25.9 Å². The highest BCUT2D eigenvalue weighted by atomic mass is 19.1. The molecule has 1 aromatic carbocycles. The Morgan fingerprint density at radius 1 is 1.42 bits per heavy atom. The van der Waals surface area contributed by atoms with Crippen LogP contribution in [0.2, 0.25) is 0 Å². The van der Waals surface area contributed by atoms with Crippen molar-refractivity contribution in [2.75, 3.05) is 0 Å². The van der Waals surface area contributed by atoms with Crippen LogP contribution in [0.25, 0.3) is 0 Å². The fourth-order valence-electron chi connectivity index (χ4n) is 1.15. The maximum absolute atomic E-state index is 13.1. The molecule has 0 aliphatic rings. The first-order chi connectivity index (χ1) is 5.47. The van der Waals surface area contributed by atoms with Gasteiger partial charge in [0.2, 0.25) is 0 Å². The number of aromatic hydroxyl groups is 1. The zero-order valence-corrected chi connectivity index (χ0v) is 7.34. The lowest BCUT2D eigenvalue weighted by molar-refractivity contribution is 0.217. The monoisotopic (exact) mass is 168 g/mol. The molecule has 1 rings (SSSR count). The lowest BCUT2D eigenvalue weighted by Crippen LogP contribution is -2.15. The molecule has 0 aliphatic heterocycles. The minimum absolute atomic E-state index is 0.191. The molecule has 0 bridgehead atoms. The molecule has 0 aliphatic carbocycles. The molecule has 0 aromatic heterocycles. The highest BCUT2D eigenvalue weighted by Crippen LogP contribution is 2.19. The van der Waals surface area contributed by atoms with Crippen molar-refractivity contribution in [2.24, 2.45) is 0 Å². The maximum atomic E-state index is 13.1. The van der Waals surface area contributed by atoms with Crippen molar-refractivity contribution in [1.82, 2.24) is 0 Å². The normalized spacial score (nSPS) is 11.6. The van der Waals surface area contributed by atoms with Gasteiger partial charge < -0.3 is 5.11 Å². The van der Waals surface area contributed by atoms with Crippen molar-refractivity contribution in [3.05, 3.63) is 29.8 Å². The van der Waals surface area contributed by atoms with E-state index in [9.17, 15) is 4.39 Å².